The van der Waals surface area contributed by atoms with Crippen LogP contribution in [0.2, 0.25) is 0 Å². The van der Waals surface area contributed by atoms with Crippen molar-refractivity contribution in [2.45, 2.75) is 63.6 Å². The van der Waals surface area contributed by atoms with Crippen molar-refractivity contribution in [2.24, 2.45) is 0 Å². The number of aliphatic carboxylic acids is 1. The number of carbonyl (C=O) groups excluding carboxylic acids is 4. The Morgan fingerprint density at radius 3 is 1.77 bits per heavy atom. The number of hydroxylamine groups is 4. The summed E-state index contributed by atoms with van der Waals surface area (Å²) in [6.45, 7) is 3.18. The number of nitrogens with one attached hydrogen (secondary N) is 2. The topological polar surface area (TPSA) is 197 Å². The summed E-state index contributed by atoms with van der Waals surface area (Å²) in [7, 11) is 0. The van der Waals surface area contributed by atoms with Gasteiger partial charge in [0.1, 0.15) is 0 Å². The van der Waals surface area contributed by atoms with Crippen molar-refractivity contribution in [1.82, 2.24) is 20.8 Å². The molecular weight excluding hydrogens is 404 g/mol. The Morgan fingerprint density at radius 2 is 1.33 bits per heavy atom. The first-order valence-corrected chi connectivity index (χ1v) is 9.29. The summed E-state index contributed by atoms with van der Waals surface area (Å²) in [5.74, 6) is -3.34. The average molecular weight is 434 g/mol. The van der Waals surface area contributed by atoms with Crippen molar-refractivity contribution in [2.75, 3.05) is 13.1 Å². The van der Waals surface area contributed by atoms with E-state index in [4.69, 9.17) is 10.4 Å². The van der Waals surface area contributed by atoms with Crippen LogP contribution in [0.15, 0.2) is 0 Å². The SMILES string of the molecule is C[C@H](CCCN(O)C=O)NC(=O)CC(O)(CC(=O)N[C@@H](C)CCN(O)C=O)C(=O)O. The minimum Gasteiger partial charge on any atom is -0.479 e. The molecule has 0 bridgehead atoms. The molecule has 3 atom stereocenters. The van der Waals surface area contributed by atoms with Crippen molar-refractivity contribution < 1.29 is 44.6 Å². The number of rotatable bonds is 16. The second-order valence-corrected chi connectivity index (χ2v) is 7.10. The Bertz CT molecular complexity index is 604. The van der Waals surface area contributed by atoms with E-state index in [9.17, 15) is 34.2 Å². The third kappa shape index (κ3) is 11.3. The molecule has 1 unspecified atom stereocenters. The van der Waals surface area contributed by atoms with Gasteiger partial charge >= 0.3 is 5.97 Å². The Hall–Kier alpha value is -2.77. The molecule has 0 aliphatic heterocycles. The fourth-order valence-corrected chi connectivity index (χ4v) is 2.53. The molecule has 172 valence electrons. The summed E-state index contributed by atoms with van der Waals surface area (Å²) in [5, 5.41) is 43.4. The number of carboxylic acids is 1. The number of nitrogens with zero attached hydrogens (tertiary/aromatic N) is 2. The van der Waals surface area contributed by atoms with Crippen LogP contribution in [0.3, 0.4) is 0 Å². The van der Waals surface area contributed by atoms with E-state index in [1.165, 1.54) is 0 Å². The van der Waals surface area contributed by atoms with Gasteiger partial charge < -0.3 is 20.8 Å². The van der Waals surface area contributed by atoms with E-state index in [1.54, 1.807) is 13.8 Å². The molecule has 0 aliphatic carbocycles. The van der Waals surface area contributed by atoms with E-state index in [2.05, 4.69) is 10.6 Å². The van der Waals surface area contributed by atoms with Crippen LogP contribution in [0, 0.1) is 0 Å². The highest BCUT2D eigenvalue weighted by atomic mass is 16.5. The van der Waals surface area contributed by atoms with Crippen LogP contribution in [0.4, 0.5) is 0 Å². The third-order valence-electron chi connectivity index (χ3n) is 4.18. The highest BCUT2D eigenvalue weighted by Crippen LogP contribution is 2.17. The largest absolute Gasteiger partial charge is 0.479 e. The monoisotopic (exact) mass is 434 g/mol. The molecule has 0 aromatic rings. The molecule has 6 N–H and O–H groups in total. The molecule has 0 aliphatic rings. The lowest BCUT2D eigenvalue weighted by Gasteiger charge is -2.24. The molecule has 0 saturated carbocycles. The first-order valence-electron chi connectivity index (χ1n) is 9.29. The molecule has 0 saturated heterocycles. The van der Waals surface area contributed by atoms with E-state index in [0.717, 1.165) is 0 Å². The van der Waals surface area contributed by atoms with Gasteiger partial charge in [-0.1, -0.05) is 0 Å². The number of hydrogen-bond donors (Lipinski definition) is 6. The minimum atomic E-state index is -2.63. The van der Waals surface area contributed by atoms with Crippen LogP contribution >= 0.6 is 0 Å². The molecular formula is C17H30N4O9. The molecule has 13 nitrogen and oxygen atoms in total. The van der Waals surface area contributed by atoms with Gasteiger partial charge in [0.2, 0.25) is 24.6 Å². The second kappa shape index (κ2) is 13.5. The second-order valence-electron chi connectivity index (χ2n) is 7.10. The molecule has 0 radical (unpaired) electrons. The van der Waals surface area contributed by atoms with Crippen LogP contribution in [0.25, 0.3) is 0 Å². The standard InChI is InChI=1S/C17H30N4O9/c1-12(4-3-6-20(29)10-22)18-14(24)8-17(28,16(26)27)9-15(25)19-13(2)5-7-21(30)11-23/h10-13,28-30H,3-9H2,1-2H3,(H,18,24)(H,19,25)(H,26,27)/t12-,13+,17?/m1/s1. The summed E-state index contributed by atoms with van der Waals surface area (Å²) in [6.07, 6.45) is -0.365. The van der Waals surface area contributed by atoms with Gasteiger partial charge in [-0.3, -0.25) is 29.6 Å². The highest BCUT2D eigenvalue weighted by Gasteiger charge is 2.41. The third-order valence-corrected chi connectivity index (χ3v) is 4.18. The van der Waals surface area contributed by atoms with Crippen molar-refractivity contribution in [1.29, 1.82) is 0 Å². The molecule has 13 heteroatoms. The Labute approximate surface area is 173 Å². The van der Waals surface area contributed by atoms with Gasteiger partial charge in [-0.05, 0) is 33.1 Å². The highest BCUT2D eigenvalue weighted by molar-refractivity contribution is 5.91. The van der Waals surface area contributed by atoms with E-state index in [0.29, 0.717) is 23.0 Å². The minimum absolute atomic E-state index is 0.0576. The van der Waals surface area contributed by atoms with E-state index >= 15 is 0 Å². The van der Waals surface area contributed by atoms with E-state index in [1.807, 2.05) is 0 Å². The van der Waals surface area contributed by atoms with Gasteiger partial charge in [0.15, 0.2) is 5.60 Å². The Morgan fingerprint density at radius 1 is 0.900 bits per heavy atom. The molecule has 0 fully saturated rings. The van der Waals surface area contributed by atoms with Gasteiger partial charge in [-0.25, -0.2) is 14.9 Å². The zero-order chi connectivity index (χ0) is 23.3. The lowest BCUT2D eigenvalue weighted by Crippen LogP contribution is -2.49. The molecule has 30 heavy (non-hydrogen) atoms. The Balaban J connectivity index is 4.63. The quantitative estimate of drug-likeness (QED) is 0.0946. The molecule has 0 aromatic carbocycles. The molecule has 0 aromatic heterocycles. The van der Waals surface area contributed by atoms with Gasteiger partial charge in [0.25, 0.3) is 0 Å². The predicted molar refractivity (Wildman–Crippen MR) is 100.0 cm³/mol. The maximum atomic E-state index is 12.1. The van der Waals surface area contributed by atoms with E-state index < -0.39 is 48.3 Å². The number of carbonyl (C=O) groups is 5. The summed E-state index contributed by atoms with van der Waals surface area (Å²) in [6, 6.07) is -0.958. The first kappa shape index (κ1) is 27.2. The molecule has 0 spiro atoms. The smallest absolute Gasteiger partial charge is 0.336 e. The lowest BCUT2D eigenvalue weighted by atomic mass is 9.94. The van der Waals surface area contributed by atoms with Crippen LogP contribution in [0.1, 0.15) is 46.0 Å². The van der Waals surface area contributed by atoms with Crippen LogP contribution < -0.4 is 10.6 Å². The molecule has 4 amide bonds. The lowest BCUT2D eigenvalue weighted by molar-refractivity contribution is -0.164. The number of hydrogen-bond acceptors (Lipinski definition) is 8. The van der Waals surface area contributed by atoms with Gasteiger partial charge in [0.05, 0.1) is 19.4 Å². The predicted octanol–water partition coefficient (Wildman–Crippen LogP) is -1.54. The fraction of sp³-hybridized carbons (Fsp3) is 0.706. The van der Waals surface area contributed by atoms with Crippen LogP contribution in [-0.4, -0.2) is 92.1 Å². The summed E-state index contributed by atoms with van der Waals surface area (Å²) in [5.41, 5.74) is -2.63. The summed E-state index contributed by atoms with van der Waals surface area (Å²) >= 11 is 0. The fourth-order valence-electron chi connectivity index (χ4n) is 2.53. The zero-order valence-electron chi connectivity index (χ0n) is 17.0. The number of aliphatic hydroxyl groups is 1. The van der Waals surface area contributed by atoms with Gasteiger partial charge in [-0.15, -0.1) is 0 Å². The maximum absolute atomic E-state index is 12.1. The van der Waals surface area contributed by atoms with Crippen molar-refractivity contribution >= 4 is 30.6 Å². The van der Waals surface area contributed by atoms with Gasteiger partial charge in [-0.2, -0.15) is 0 Å². The van der Waals surface area contributed by atoms with Crippen LogP contribution in [-0.2, 0) is 24.0 Å². The summed E-state index contributed by atoms with van der Waals surface area (Å²) < 4.78 is 0. The van der Waals surface area contributed by atoms with Gasteiger partial charge in [0, 0.05) is 18.6 Å². The van der Waals surface area contributed by atoms with Crippen molar-refractivity contribution in [3.8, 4) is 0 Å². The first-order chi connectivity index (χ1) is 13.9. The van der Waals surface area contributed by atoms with Crippen molar-refractivity contribution in [3.05, 3.63) is 0 Å². The van der Waals surface area contributed by atoms with E-state index in [-0.39, 0.29) is 32.3 Å². The maximum Gasteiger partial charge on any atom is 0.336 e. The van der Waals surface area contributed by atoms with Crippen molar-refractivity contribution in [3.63, 3.8) is 0 Å². The number of amides is 4. The molecule has 0 heterocycles. The summed E-state index contributed by atoms with van der Waals surface area (Å²) in [4.78, 5) is 56.2. The Kier molecular flexibility index (Phi) is 12.2. The number of carboxylic acid groups (broad SMARTS) is 1. The zero-order valence-corrected chi connectivity index (χ0v) is 17.0. The molecule has 0 rings (SSSR count). The average Bonchev–Trinajstić information content (AvgIpc) is 2.64. The normalized spacial score (nSPS) is 14.6. The van der Waals surface area contributed by atoms with Crippen LogP contribution in [0.5, 0.6) is 0 Å².